The molecule has 2 aliphatic carbocycles. The second-order valence-corrected chi connectivity index (χ2v) is 7.92. The van der Waals surface area contributed by atoms with Crippen LogP contribution in [0.25, 0.3) is 0 Å². The summed E-state index contributed by atoms with van der Waals surface area (Å²) in [5, 5.41) is 8.82. The van der Waals surface area contributed by atoms with Gasteiger partial charge in [-0.1, -0.05) is 46.4 Å². The number of fused-ring (bicyclic) bond motifs is 2. The van der Waals surface area contributed by atoms with E-state index in [1.165, 1.54) is 0 Å². The van der Waals surface area contributed by atoms with Crippen molar-refractivity contribution in [1.29, 1.82) is 5.26 Å². The van der Waals surface area contributed by atoms with Crippen molar-refractivity contribution in [2.24, 2.45) is 5.92 Å². The Kier molecular flexibility index (Phi) is 4.54. The molecule has 0 spiro atoms. The number of allylic oxidation sites excluding steroid dienone is 2. The normalized spacial score (nSPS) is 39.7. The second kappa shape index (κ2) is 5.29. The van der Waals surface area contributed by atoms with Gasteiger partial charge < -0.3 is 4.74 Å². The molecule has 0 aliphatic heterocycles. The van der Waals surface area contributed by atoms with E-state index in [-0.39, 0.29) is 22.6 Å². The average Bonchev–Trinajstić information content (AvgIpc) is 2.57. The standard InChI is InChI=1S/C11H9Cl6NO/c12-7-8(13)10(15)6(5-19-3-1-2-18)4-9(7,14)11(10,16)17/h6H,1,3-5H2/t6-,9-,10+/m0/s1. The number of nitriles is 1. The SMILES string of the molecule is N#CCCOC[C@@H]1C[C@]2(Cl)C(Cl)=C(Cl)[C@@]1(Cl)C2(Cl)Cl. The monoisotopic (exact) mass is 381 g/mol. The molecule has 106 valence electrons. The highest BCUT2D eigenvalue weighted by Gasteiger charge is 2.78. The van der Waals surface area contributed by atoms with Gasteiger partial charge in [0.2, 0.25) is 0 Å². The maximum absolute atomic E-state index is 8.45. The first kappa shape index (κ1) is 16.3. The minimum atomic E-state index is -1.50. The van der Waals surface area contributed by atoms with Gasteiger partial charge in [0.25, 0.3) is 0 Å². The Morgan fingerprint density at radius 3 is 2.32 bits per heavy atom. The van der Waals surface area contributed by atoms with Crippen LogP contribution in [-0.2, 0) is 4.74 Å². The summed E-state index contributed by atoms with van der Waals surface area (Å²) in [6, 6.07) is 1.98. The van der Waals surface area contributed by atoms with Crippen molar-refractivity contribution >= 4 is 69.6 Å². The van der Waals surface area contributed by atoms with Crippen LogP contribution in [0.1, 0.15) is 12.8 Å². The molecule has 2 bridgehead atoms. The van der Waals surface area contributed by atoms with Gasteiger partial charge in [-0.3, -0.25) is 0 Å². The van der Waals surface area contributed by atoms with Gasteiger partial charge in [-0.25, -0.2) is 0 Å². The summed E-state index contributed by atoms with van der Waals surface area (Å²) in [6.45, 7) is 0.573. The molecule has 0 unspecified atom stereocenters. The molecule has 0 radical (unpaired) electrons. The summed E-state index contributed by atoms with van der Waals surface area (Å²) in [7, 11) is 0. The molecular weight excluding hydrogens is 375 g/mol. The van der Waals surface area contributed by atoms with Gasteiger partial charge in [-0.2, -0.15) is 5.26 Å². The Bertz CT molecular complexity index is 472. The first-order valence-corrected chi connectivity index (χ1v) is 7.76. The molecule has 0 amide bonds. The van der Waals surface area contributed by atoms with Gasteiger partial charge in [0.15, 0.2) is 4.33 Å². The Hall–Kier alpha value is 0.930. The lowest BCUT2D eigenvalue weighted by molar-refractivity contribution is 0.0979. The fourth-order valence-electron chi connectivity index (χ4n) is 2.55. The van der Waals surface area contributed by atoms with E-state index in [0.717, 1.165) is 0 Å². The Morgan fingerprint density at radius 2 is 1.84 bits per heavy atom. The molecule has 19 heavy (non-hydrogen) atoms. The van der Waals surface area contributed by atoms with Crippen LogP contribution in [0.2, 0.25) is 0 Å². The number of nitrogens with zero attached hydrogens (tertiary/aromatic N) is 1. The third-order valence-corrected chi connectivity index (χ3v) is 7.91. The van der Waals surface area contributed by atoms with E-state index < -0.39 is 14.1 Å². The van der Waals surface area contributed by atoms with Crippen molar-refractivity contribution in [2.75, 3.05) is 13.2 Å². The molecule has 0 aromatic carbocycles. The van der Waals surface area contributed by atoms with Crippen molar-refractivity contribution in [3.63, 3.8) is 0 Å². The van der Waals surface area contributed by atoms with Gasteiger partial charge in [-0.05, 0) is 6.42 Å². The maximum Gasteiger partial charge on any atom is 0.166 e. The summed E-state index contributed by atoms with van der Waals surface area (Å²) in [5.41, 5.74) is 0. The molecule has 0 aromatic heterocycles. The first-order chi connectivity index (χ1) is 8.73. The largest absolute Gasteiger partial charge is 0.380 e. The molecule has 2 nitrogen and oxygen atoms in total. The second-order valence-electron chi connectivity index (χ2n) is 4.60. The summed E-state index contributed by atoms with van der Waals surface area (Å²) >= 11 is 37.9. The molecule has 3 atom stereocenters. The summed E-state index contributed by atoms with van der Waals surface area (Å²) in [4.78, 5) is -2.46. The maximum atomic E-state index is 8.45. The van der Waals surface area contributed by atoms with Gasteiger partial charge >= 0.3 is 0 Å². The van der Waals surface area contributed by atoms with Gasteiger partial charge in [0, 0.05) is 5.92 Å². The summed E-state index contributed by atoms with van der Waals surface area (Å²) in [5.74, 6) is -0.268. The van der Waals surface area contributed by atoms with Crippen LogP contribution in [-0.4, -0.2) is 27.3 Å². The van der Waals surface area contributed by atoms with E-state index in [2.05, 4.69) is 0 Å². The van der Waals surface area contributed by atoms with Gasteiger partial charge in [0.05, 0.1) is 35.8 Å². The third-order valence-electron chi connectivity index (χ3n) is 3.58. The quantitative estimate of drug-likeness (QED) is 0.517. The zero-order chi connectivity index (χ0) is 14.5. The topological polar surface area (TPSA) is 33.0 Å². The van der Waals surface area contributed by atoms with E-state index >= 15 is 0 Å². The lowest BCUT2D eigenvalue weighted by Gasteiger charge is -2.33. The number of hydrogen-bond acceptors (Lipinski definition) is 2. The van der Waals surface area contributed by atoms with E-state index in [1.807, 2.05) is 6.07 Å². The molecule has 1 fully saturated rings. The zero-order valence-electron chi connectivity index (χ0n) is 9.53. The molecule has 0 saturated heterocycles. The molecule has 2 aliphatic rings. The van der Waals surface area contributed by atoms with E-state index in [0.29, 0.717) is 19.4 Å². The lowest BCUT2D eigenvalue weighted by atomic mass is 9.93. The molecule has 0 heterocycles. The van der Waals surface area contributed by atoms with Crippen LogP contribution in [0.4, 0.5) is 0 Å². The van der Waals surface area contributed by atoms with Crippen molar-refractivity contribution in [3.05, 3.63) is 10.1 Å². The minimum Gasteiger partial charge on any atom is -0.380 e. The number of hydrogen-bond donors (Lipinski definition) is 0. The van der Waals surface area contributed by atoms with E-state index in [4.69, 9.17) is 79.6 Å². The van der Waals surface area contributed by atoms with Gasteiger partial charge in [0.1, 0.15) is 9.75 Å². The first-order valence-electron chi connectivity index (χ1n) is 5.50. The average molecular weight is 384 g/mol. The summed E-state index contributed by atoms with van der Waals surface area (Å²) in [6.07, 6.45) is 0.665. The van der Waals surface area contributed by atoms with Crippen molar-refractivity contribution in [1.82, 2.24) is 0 Å². The van der Waals surface area contributed by atoms with Crippen LogP contribution in [0.3, 0.4) is 0 Å². The van der Waals surface area contributed by atoms with Crippen molar-refractivity contribution in [3.8, 4) is 6.07 Å². The number of rotatable bonds is 4. The molecule has 2 rings (SSSR count). The predicted octanol–water partition coefficient (Wildman–Crippen LogP) is 4.77. The van der Waals surface area contributed by atoms with Gasteiger partial charge in [-0.15, -0.1) is 23.2 Å². The third kappa shape index (κ3) is 2.01. The predicted molar refractivity (Wildman–Crippen MR) is 79.5 cm³/mol. The zero-order valence-corrected chi connectivity index (χ0v) is 14.1. The minimum absolute atomic E-state index is 0.177. The molecular formula is C11H9Cl6NO. The van der Waals surface area contributed by atoms with E-state index in [1.54, 1.807) is 0 Å². The van der Waals surface area contributed by atoms with Crippen molar-refractivity contribution < 1.29 is 4.74 Å². The molecule has 0 N–H and O–H groups in total. The highest BCUT2D eigenvalue weighted by atomic mass is 35.5. The fourth-order valence-corrected chi connectivity index (χ4v) is 5.38. The highest BCUT2D eigenvalue weighted by molar-refractivity contribution is 6.65. The Balaban J connectivity index is 2.22. The number of alkyl halides is 4. The summed E-state index contributed by atoms with van der Waals surface area (Å²) < 4.78 is 3.89. The lowest BCUT2D eigenvalue weighted by Crippen LogP contribution is -2.45. The Labute approximate surface area is 141 Å². The molecule has 8 heteroatoms. The smallest absolute Gasteiger partial charge is 0.166 e. The van der Waals surface area contributed by atoms with Crippen LogP contribution >= 0.6 is 69.6 Å². The number of halogens is 6. The highest BCUT2D eigenvalue weighted by Crippen LogP contribution is 2.74. The number of ether oxygens (including phenoxy) is 1. The van der Waals surface area contributed by atoms with Crippen molar-refractivity contribution in [2.45, 2.75) is 26.9 Å². The molecule has 1 saturated carbocycles. The van der Waals surface area contributed by atoms with Crippen LogP contribution in [0, 0.1) is 17.2 Å². The van der Waals surface area contributed by atoms with Crippen LogP contribution in [0.15, 0.2) is 10.1 Å². The Morgan fingerprint density at radius 1 is 1.21 bits per heavy atom. The van der Waals surface area contributed by atoms with Crippen LogP contribution < -0.4 is 0 Å². The van der Waals surface area contributed by atoms with Crippen LogP contribution in [0.5, 0.6) is 0 Å². The fraction of sp³-hybridized carbons (Fsp3) is 0.727. The van der Waals surface area contributed by atoms with E-state index in [9.17, 15) is 0 Å². The molecule has 0 aromatic rings.